The maximum atomic E-state index is 8.56. The molecular weight excluding hydrogens is 284 g/mol. The largest absolute Gasteiger partial charge is 0.503 e. The average Bonchev–Trinajstić information content (AvgIpc) is 2.61. The van der Waals surface area contributed by atoms with Gasteiger partial charge in [-0.2, -0.15) is 4.89 Å². The summed E-state index contributed by atoms with van der Waals surface area (Å²) in [6.07, 6.45) is 3.23. The van der Waals surface area contributed by atoms with E-state index in [9.17, 15) is 0 Å². The first-order chi connectivity index (χ1) is 10.7. The third kappa shape index (κ3) is 4.64. The van der Waals surface area contributed by atoms with Crippen molar-refractivity contribution in [2.24, 2.45) is 0 Å². The van der Waals surface area contributed by atoms with E-state index in [0.717, 1.165) is 17.7 Å². The summed E-state index contributed by atoms with van der Waals surface area (Å²) in [4.78, 5) is 18.9. The van der Waals surface area contributed by atoms with E-state index in [2.05, 4.69) is 30.4 Å². The van der Waals surface area contributed by atoms with Crippen LogP contribution >= 0.6 is 0 Å². The lowest BCUT2D eigenvalue weighted by Crippen LogP contribution is -1.96. The minimum absolute atomic E-state index is 0.597. The molecule has 0 spiro atoms. The van der Waals surface area contributed by atoms with Crippen molar-refractivity contribution in [3.63, 3.8) is 0 Å². The van der Waals surface area contributed by atoms with Crippen molar-refractivity contribution < 1.29 is 24.8 Å². The standard InChI is InChI=1S/C16H14O2.CH2O3/c1-2-5-13(6-3-1)9-10-15-14-7-4-8-16(15)18-17-12-11-14;2-1(3)4/h1-10H,11-12H2;(H2,2,3,4). The van der Waals surface area contributed by atoms with Crippen LogP contribution in [0, 0.1) is 0 Å². The Morgan fingerprint density at radius 1 is 1.00 bits per heavy atom. The molecule has 0 aromatic heterocycles. The third-order valence-corrected chi connectivity index (χ3v) is 3.00. The lowest BCUT2D eigenvalue weighted by molar-refractivity contribution is -0.203. The molecule has 2 N–H and O–H groups in total. The highest BCUT2D eigenvalue weighted by atomic mass is 17.2. The fourth-order valence-corrected chi connectivity index (χ4v) is 2.07. The SMILES string of the molecule is C(=Cc1c2cccc1OOCC2)c1ccccc1.O=C(O)O. The fourth-order valence-electron chi connectivity index (χ4n) is 2.07. The van der Waals surface area contributed by atoms with Gasteiger partial charge < -0.3 is 15.1 Å². The monoisotopic (exact) mass is 300 g/mol. The van der Waals surface area contributed by atoms with Crippen LogP contribution < -0.4 is 4.89 Å². The van der Waals surface area contributed by atoms with Gasteiger partial charge in [-0.05, 0) is 17.2 Å². The molecule has 0 radical (unpaired) electrons. The highest BCUT2D eigenvalue weighted by molar-refractivity contribution is 5.74. The summed E-state index contributed by atoms with van der Waals surface area (Å²) < 4.78 is 0. The van der Waals surface area contributed by atoms with Gasteiger partial charge >= 0.3 is 6.16 Å². The first-order valence-corrected chi connectivity index (χ1v) is 6.73. The molecule has 0 unspecified atom stereocenters. The average molecular weight is 300 g/mol. The quantitative estimate of drug-likeness (QED) is 0.649. The maximum Gasteiger partial charge on any atom is 0.503 e. The second-order valence-electron chi connectivity index (χ2n) is 4.51. The Kier molecular flexibility index (Phi) is 5.57. The summed E-state index contributed by atoms with van der Waals surface area (Å²) in [7, 11) is 0. The molecule has 5 nitrogen and oxygen atoms in total. The zero-order valence-corrected chi connectivity index (χ0v) is 11.8. The molecule has 0 saturated heterocycles. The molecular formula is C17H16O5. The summed E-state index contributed by atoms with van der Waals surface area (Å²) in [6, 6.07) is 16.3. The Labute approximate surface area is 128 Å². The van der Waals surface area contributed by atoms with Gasteiger partial charge in [0.05, 0.1) is 6.61 Å². The van der Waals surface area contributed by atoms with E-state index in [4.69, 9.17) is 24.8 Å². The van der Waals surface area contributed by atoms with Crippen molar-refractivity contribution >= 4 is 18.3 Å². The number of benzene rings is 2. The van der Waals surface area contributed by atoms with Gasteiger partial charge in [-0.25, -0.2) is 4.79 Å². The summed E-state index contributed by atoms with van der Waals surface area (Å²) in [6.45, 7) is 0.597. The third-order valence-electron chi connectivity index (χ3n) is 3.00. The van der Waals surface area contributed by atoms with Crippen LogP contribution in [-0.4, -0.2) is 23.0 Å². The smallest absolute Gasteiger partial charge is 0.450 e. The van der Waals surface area contributed by atoms with Crippen molar-refractivity contribution in [1.29, 1.82) is 0 Å². The zero-order chi connectivity index (χ0) is 15.8. The highest BCUT2D eigenvalue weighted by Crippen LogP contribution is 2.27. The lowest BCUT2D eigenvalue weighted by Gasteiger charge is -2.04. The molecule has 2 bridgehead atoms. The van der Waals surface area contributed by atoms with Gasteiger partial charge in [-0.3, -0.25) is 0 Å². The molecule has 0 fully saturated rings. The Hall–Kier alpha value is -2.79. The molecule has 5 heteroatoms. The normalized spacial score (nSPS) is 12.7. The van der Waals surface area contributed by atoms with E-state index in [0.29, 0.717) is 6.61 Å². The maximum absolute atomic E-state index is 8.56. The van der Waals surface area contributed by atoms with Gasteiger partial charge in [-0.1, -0.05) is 54.6 Å². The fraction of sp³-hybridized carbons (Fsp3) is 0.118. The predicted molar refractivity (Wildman–Crippen MR) is 82.7 cm³/mol. The molecule has 114 valence electrons. The summed E-state index contributed by atoms with van der Waals surface area (Å²) >= 11 is 0. The van der Waals surface area contributed by atoms with Crippen LogP contribution in [0.4, 0.5) is 4.79 Å². The van der Waals surface area contributed by atoms with Crippen molar-refractivity contribution in [2.45, 2.75) is 6.42 Å². The molecule has 0 atom stereocenters. The van der Waals surface area contributed by atoms with E-state index < -0.39 is 6.16 Å². The van der Waals surface area contributed by atoms with Crippen LogP contribution in [0.1, 0.15) is 16.7 Å². The number of hydrogen-bond acceptors (Lipinski definition) is 3. The Bertz CT molecular complexity index is 621. The molecule has 1 aliphatic heterocycles. The molecule has 0 aliphatic carbocycles. The Morgan fingerprint density at radius 2 is 1.73 bits per heavy atom. The van der Waals surface area contributed by atoms with Crippen LogP contribution in [0.25, 0.3) is 12.2 Å². The van der Waals surface area contributed by atoms with Gasteiger partial charge in [0, 0.05) is 12.0 Å². The van der Waals surface area contributed by atoms with Gasteiger partial charge in [0.1, 0.15) is 0 Å². The van der Waals surface area contributed by atoms with Gasteiger partial charge in [-0.15, -0.1) is 0 Å². The molecule has 22 heavy (non-hydrogen) atoms. The van der Waals surface area contributed by atoms with Crippen LogP contribution in [0.2, 0.25) is 0 Å². The number of hydrogen-bond donors (Lipinski definition) is 2. The summed E-state index contributed by atoms with van der Waals surface area (Å²) in [5.41, 5.74) is 3.55. The number of fused-ring (bicyclic) bond motifs is 2. The van der Waals surface area contributed by atoms with Crippen molar-refractivity contribution in [3.05, 3.63) is 65.2 Å². The minimum Gasteiger partial charge on any atom is -0.450 e. The zero-order valence-electron chi connectivity index (χ0n) is 11.8. The lowest BCUT2D eigenvalue weighted by atomic mass is 10.0. The van der Waals surface area contributed by atoms with Gasteiger partial charge in [0.25, 0.3) is 0 Å². The van der Waals surface area contributed by atoms with Crippen LogP contribution in [0.3, 0.4) is 0 Å². The van der Waals surface area contributed by atoms with Crippen molar-refractivity contribution in [1.82, 2.24) is 0 Å². The van der Waals surface area contributed by atoms with E-state index >= 15 is 0 Å². The number of carboxylic acid groups (broad SMARTS) is 2. The van der Waals surface area contributed by atoms with Crippen LogP contribution in [0.5, 0.6) is 5.75 Å². The summed E-state index contributed by atoms with van der Waals surface area (Å²) in [5, 5.41) is 13.9. The molecule has 1 aliphatic rings. The highest BCUT2D eigenvalue weighted by Gasteiger charge is 2.11. The molecule has 3 rings (SSSR count). The molecule has 0 saturated carbocycles. The summed E-state index contributed by atoms with van der Waals surface area (Å²) in [5.74, 6) is 0.789. The molecule has 2 aromatic rings. The minimum atomic E-state index is -1.83. The van der Waals surface area contributed by atoms with E-state index in [1.807, 2.05) is 30.3 Å². The van der Waals surface area contributed by atoms with Crippen molar-refractivity contribution in [3.8, 4) is 5.75 Å². The number of rotatable bonds is 2. The first kappa shape index (κ1) is 15.6. The topological polar surface area (TPSA) is 76.0 Å². The van der Waals surface area contributed by atoms with E-state index in [1.54, 1.807) is 0 Å². The Morgan fingerprint density at radius 3 is 2.45 bits per heavy atom. The Balaban J connectivity index is 0.000000396. The van der Waals surface area contributed by atoms with Crippen molar-refractivity contribution in [2.75, 3.05) is 6.61 Å². The van der Waals surface area contributed by atoms with E-state index in [-0.39, 0.29) is 0 Å². The van der Waals surface area contributed by atoms with Gasteiger partial charge in [0.15, 0.2) is 5.75 Å². The first-order valence-electron chi connectivity index (χ1n) is 6.73. The molecule has 2 aromatic carbocycles. The number of carbonyl (C=O) groups is 1. The van der Waals surface area contributed by atoms with Crippen LogP contribution in [0.15, 0.2) is 48.5 Å². The van der Waals surface area contributed by atoms with Crippen LogP contribution in [-0.2, 0) is 11.3 Å². The predicted octanol–water partition coefficient (Wildman–Crippen LogP) is 3.95. The molecule has 0 amide bonds. The molecule has 1 heterocycles. The second-order valence-corrected chi connectivity index (χ2v) is 4.51. The second kappa shape index (κ2) is 7.85. The van der Waals surface area contributed by atoms with E-state index in [1.165, 1.54) is 11.1 Å². The van der Waals surface area contributed by atoms with Gasteiger partial charge in [0.2, 0.25) is 0 Å².